The third-order valence-corrected chi connectivity index (χ3v) is 5.14. The van der Waals surface area contributed by atoms with E-state index >= 15 is 0 Å². The highest BCUT2D eigenvalue weighted by atomic mass is 32.2. The maximum atomic E-state index is 12.1. The molecule has 0 bridgehead atoms. The number of amides is 1. The van der Waals surface area contributed by atoms with E-state index in [-0.39, 0.29) is 17.7 Å². The molecule has 114 valence electrons. The summed E-state index contributed by atoms with van der Waals surface area (Å²) >= 11 is 2.93. The fraction of sp³-hybridized carbons (Fsp3) is 0.312. The van der Waals surface area contributed by atoms with Gasteiger partial charge < -0.3 is 5.32 Å². The number of aryl methyl sites for hydroxylation is 2. The Morgan fingerprint density at radius 1 is 1.55 bits per heavy atom. The molecule has 1 amide bonds. The van der Waals surface area contributed by atoms with Crippen molar-refractivity contribution < 1.29 is 4.79 Å². The molecule has 6 heteroatoms. The van der Waals surface area contributed by atoms with Crippen LogP contribution in [0.15, 0.2) is 28.6 Å². The van der Waals surface area contributed by atoms with E-state index in [9.17, 15) is 10.1 Å². The smallest absolute Gasteiger partial charge is 0.230 e. The van der Waals surface area contributed by atoms with Crippen LogP contribution in [-0.4, -0.2) is 16.6 Å². The summed E-state index contributed by atoms with van der Waals surface area (Å²) in [5.41, 5.74) is 2.30. The van der Waals surface area contributed by atoms with Crippen LogP contribution < -0.4 is 5.32 Å². The third kappa shape index (κ3) is 4.09. The monoisotopic (exact) mass is 331 g/mol. The second-order valence-corrected chi connectivity index (χ2v) is 6.91. The first kappa shape index (κ1) is 16.5. The van der Waals surface area contributed by atoms with Crippen molar-refractivity contribution >= 4 is 29.0 Å². The highest BCUT2D eigenvalue weighted by Crippen LogP contribution is 2.24. The molecule has 0 saturated carbocycles. The van der Waals surface area contributed by atoms with Gasteiger partial charge in [-0.3, -0.25) is 4.79 Å². The van der Waals surface area contributed by atoms with Crippen molar-refractivity contribution in [3.05, 3.63) is 45.3 Å². The zero-order valence-electron chi connectivity index (χ0n) is 12.7. The average Bonchev–Trinajstić information content (AvgIpc) is 2.99. The van der Waals surface area contributed by atoms with Gasteiger partial charge in [0, 0.05) is 10.6 Å². The molecular weight excluding hydrogens is 314 g/mol. The Hall–Kier alpha value is -1.84. The van der Waals surface area contributed by atoms with Gasteiger partial charge in [0.2, 0.25) is 5.91 Å². The van der Waals surface area contributed by atoms with Gasteiger partial charge in [-0.25, -0.2) is 4.98 Å². The number of nitrogens with one attached hydrogen (secondary N) is 1. The minimum atomic E-state index is -0.0595. The molecule has 2 heterocycles. The molecule has 2 rings (SSSR count). The molecule has 1 atom stereocenters. The lowest BCUT2D eigenvalue weighted by atomic mass is 10.1. The van der Waals surface area contributed by atoms with Crippen LogP contribution in [0.1, 0.15) is 34.7 Å². The molecule has 1 N–H and O–H groups in total. The van der Waals surface area contributed by atoms with Gasteiger partial charge in [-0.2, -0.15) is 5.26 Å². The highest BCUT2D eigenvalue weighted by Gasteiger charge is 2.14. The Morgan fingerprint density at radius 3 is 2.95 bits per heavy atom. The summed E-state index contributed by atoms with van der Waals surface area (Å²) in [6, 6.07) is 8.01. The Labute approximate surface area is 138 Å². The van der Waals surface area contributed by atoms with Gasteiger partial charge in [-0.05, 0) is 43.8 Å². The average molecular weight is 331 g/mol. The summed E-state index contributed by atoms with van der Waals surface area (Å²) in [4.78, 5) is 17.5. The number of carbonyl (C=O) groups is 1. The minimum absolute atomic E-state index is 0.00394. The van der Waals surface area contributed by atoms with E-state index in [4.69, 9.17) is 0 Å². The van der Waals surface area contributed by atoms with Crippen LogP contribution >= 0.6 is 23.1 Å². The van der Waals surface area contributed by atoms with Gasteiger partial charge in [0.25, 0.3) is 0 Å². The number of carbonyl (C=O) groups excluding carboxylic acids is 1. The van der Waals surface area contributed by atoms with Crippen LogP contribution in [0.5, 0.6) is 0 Å². The predicted molar refractivity (Wildman–Crippen MR) is 90.0 cm³/mol. The summed E-state index contributed by atoms with van der Waals surface area (Å²) in [6.07, 6.45) is 0. The molecule has 4 nitrogen and oxygen atoms in total. The van der Waals surface area contributed by atoms with Crippen LogP contribution in [0, 0.1) is 25.2 Å². The molecule has 0 saturated heterocycles. The van der Waals surface area contributed by atoms with Gasteiger partial charge in [0.1, 0.15) is 11.1 Å². The number of rotatable bonds is 5. The lowest BCUT2D eigenvalue weighted by Gasteiger charge is -2.12. The largest absolute Gasteiger partial charge is 0.348 e. The molecule has 0 fully saturated rings. The Bertz CT molecular complexity index is 705. The Kier molecular flexibility index (Phi) is 5.58. The predicted octanol–water partition coefficient (Wildman–Crippen LogP) is 3.60. The zero-order valence-corrected chi connectivity index (χ0v) is 14.3. The van der Waals surface area contributed by atoms with E-state index in [2.05, 4.69) is 16.4 Å². The van der Waals surface area contributed by atoms with E-state index in [1.54, 1.807) is 11.3 Å². The highest BCUT2D eigenvalue weighted by molar-refractivity contribution is 8.00. The van der Waals surface area contributed by atoms with Crippen molar-refractivity contribution in [3.8, 4) is 6.07 Å². The van der Waals surface area contributed by atoms with Crippen LogP contribution in [-0.2, 0) is 4.79 Å². The van der Waals surface area contributed by atoms with Crippen molar-refractivity contribution in [1.29, 1.82) is 5.26 Å². The third-order valence-electron chi connectivity index (χ3n) is 3.11. The van der Waals surface area contributed by atoms with Crippen LogP contribution in [0.2, 0.25) is 0 Å². The minimum Gasteiger partial charge on any atom is -0.348 e. The van der Waals surface area contributed by atoms with Crippen molar-refractivity contribution in [2.24, 2.45) is 0 Å². The number of pyridine rings is 1. The molecule has 0 aliphatic carbocycles. The van der Waals surface area contributed by atoms with E-state index in [0.29, 0.717) is 10.6 Å². The second kappa shape index (κ2) is 7.43. The quantitative estimate of drug-likeness (QED) is 0.850. The fourth-order valence-electron chi connectivity index (χ4n) is 2.07. The molecule has 0 aliphatic heterocycles. The zero-order chi connectivity index (χ0) is 16.1. The van der Waals surface area contributed by atoms with Gasteiger partial charge >= 0.3 is 0 Å². The summed E-state index contributed by atoms with van der Waals surface area (Å²) in [5, 5.41) is 14.8. The summed E-state index contributed by atoms with van der Waals surface area (Å²) < 4.78 is 0. The summed E-state index contributed by atoms with van der Waals surface area (Å²) in [5.74, 6) is 0.191. The normalized spacial score (nSPS) is 11.7. The first-order valence-electron chi connectivity index (χ1n) is 6.85. The maximum absolute atomic E-state index is 12.1. The van der Waals surface area contributed by atoms with Crippen molar-refractivity contribution in [3.63, 3.8) is 0 Å². The molecule has 1 unspecified atom stereocenters. The molecule has 0 radical (unpaired) electrons. The topological polar surface area (TPSA) is 65.8 Å². The molecule has 0 aliphatic rings. The number of hydrogen-bond acceptors (Lipinski definition) is 5. The second-order valence-electron chi connectivity index (χ2n) is 4.97. The maximum Gasteiger partial charge on any atom is 0.230 e. The number of thioether (sulfide) groups is 1. The van der Waals surface area contributed by atoms with Crippen molar-refractivity contribution in [2.45, 2.75) is 31.8 Å². The molecule has 2 aromatic heterocycles. The fourth-order valence-corrected chi connectivity index (χ4v) is 3.71. The summed E-state index contributed by atoms with van der Waals surface area (Å²) in [6.45, 7) is 5.73. The molecule has 2 aromatic rings. The van der Waals surface area contributed by atoms with Crippen LogP contribution in [0.4, 0.5) is 0 Å². The molecule has 0 spiro atoms. The SMILES string of the molecule is Cc1cc(C)c(C#N)c(SCC(=O)NC(C)c2cccs2)n1. The first-order chi connectivity index (χ1) is 10.5. The molecular formula is C16H17N3OS2. The van der Waals surface area contributed by atoms with Gasteiger partial charge in [0.05, 0.1) is 17.4 Å². The van der Waals surface area contributed by atoms with E-state index < -0.39 is 0 Å². The Balaban J connectivity index is 1.98. The lowest BCUT2D eigenvalue weighted by molar-refractivity contribution is -0.119. The van der Waals surface area contributed by atoms with Crippen LogP contribution in [0.25, 0.3) is 0 Å². The first-order valence-corrected chi connectivity index (χ1v) is 8.71. The van der Waals surface area contributed by atoms with E-state index in [1.807, 2.05) is 44.4 Å². The van der Waals surface area contributed by atoms with Gasteiger partial charge in [0.15, 0.2) is 0 Å². The van der Waals surface area contributed by atoms with Crippen molar-refractivity contribution in [1.82, 2.24) is 10.3 Å². The van der Waals surface area contributed by atoms with Crippen LogP contribution in [0.3, 0.4) is 0 Å². The van der Waals surface area contributed by atoms with Gasteiger partial charge in [-0.15, -0.1) is 11.3 Å². The van der Waals surface area contributed by atoms with E-state index in [1.165, 1.54) is 11.8 Å². The molecule has 0 aromatic carbocycles. The van der Waals surface area contributed by atoms with Gasteiger partial charge in [-0.1, -0.05) is 17.8 Å². The number of thiophene rings is 1. The Morgan fingerprint density at radius 2 is 2.32 bits per heavy atom. The van der Waals surface area contributed by atoms with Crippen molar-refractivity contribution in [2.75, 3.05) is 5.75 Å². The molecule has 22 heavy (non-hydrogen) atoms. The number of aromatic nitrogens is 1. The number of hydrogen-bond donors (Lipinski definition) is 1. The number of nitriles is 1. The lowest BCUT2D eigenvalue weighted by Crippen LogP contribution is -2.27. The summed E-state index contributed by atoms with van der Waals surface area (Å²) in [7, 11) is 0. The standard InChI is InChI=1S/C16H17N3OS2/c1-10-7-11(2)18-16(13(10)8-17)22-9-15(20)19-12(3)14-5-4-6-21-14/h4-7,12H,9H2,1-3H3,(H,19,20). The van der Waals surface area contributed by atoms with E-state index in [0.717, 1.165) is 16.1 Å². The number of nitrogens with zero attached hydrogens (tertiary/aromatic N) is 2.